The van der Waals surface area contributed by atoms with Crippen LogP contribution in [0.1, 0.15) is 24.9 Å². The summed E-state index contributed by atoms with van der Waals surface area (Å²) in [6.45, 7) is 1.75. The van der Waals surface area contributed by atoms with E-state index < -0.39 is 11.9 Å². The van der Waals surface area contributed by atoms with E-state index in [1.165, 1.54) is 0 Å². The fraction of sp³-hybridized carbons (Fsp3) is 0.240. The lowest BCUT2D eigenvalue weighted by molar-refractivity contribution is -0.152. The molecule has 158 valence electrons. The molecule has 4 rings (SSSR count). The lowest BCUT2D eigenvalue weighted by Gasteiger charge is -2.19. The molecular formula is C25H24N2O4. The molecule has 1 N–H and O–H groups in total. The van der Waals surface area contributed by atoms with E-state index in [4.69, 9.17) is 4.74 Å². The highest BCUT2D eigenvalue weighted by Crippen LogP contribution is 2.32. The SMILES string of the molecule is C[C@@H](NC(=O)COC(=O)[C@@H]1CC(=O)N(c2cccc3ccccc23)C1)c1ccccc1. The Bertz CT molecular complexity index is 1110. The first-order valence-corrected chi connectivity index (χ1v) is 10.3. The predicted molar refractivity (Wildman–Crippen MR) is 118 cm³/mol. The van der Waals surface area contributed by atoms with Gasteiger partial charge in [-0.1, -0.05) is 66.7 Å². The number of ether oxygens (including phenoxy) is 1. The largest absolute Gasteiger partial charge is 0.455 e. The van der Waals surface area contributed by atoms with Crippen LogP contribution in [0.5, 0.6) is 0 Å². The van der Waals surface area contributed by atoms with Gasteiger partial charge in [-0.15, -0.1) is 0 Å². The molecule has 31 heavy (non-hydrogen) atoms. The third-order valence-electron chi connectivity index (χ3n) is 5.54. The number of carbonyl (C=O) groups excluding carboxylic acids is 3. The van der Waals surface area contributed by atoms with Gasteiger partial charge in [0.25, 0.3) is 5.91 Å². The van der Waals surface area contributed by atoms with E-state index >= 15 is 0 Å². The molecule has 1 aliphatic heterocycles. The molecular weight excluding hydrogens is 392 g/mol. The molecule has 0 aromatic heterocycles. The maximum atomic E-state index is 12.6. The number of carbonyl (C=O) groups is 3. The summed E-state index contributed by atoms with van der Waals surface area (Å²) in [5.74, 6) is -1.62. The van der Waals surface area contributed by atoms with Crippen molar-refractivity contribution in [3.63, 3.8) is 0 Å². The number of fused-ring (bicyclic) bond motifs is 1. The second-order valence-corrected chi connectivity index (χ2v) is 7.71. The zero-order valence-corrected chi connectivity index (χ0v) is 17.3. The summed E-state index contributed by atoms with van der Waals surface area (Å²) in [5.41, 5.74) is 1.75. The Labute approximate surface area is 180 Å². The highest BCUT2D eigenvalue weighted by molar-refractivity contribution is 6.06. The van der Waals surface area contributed by atoms with Crippen molar-refractivity contribution in [3.8, 4) is 0 Å². The van der Waals surface area contributed by atoms with Gasteiger partial charge in [0.05, 0.1) is 17.6 Å². The van der Waals surface area contributed by atoms with E-state index in [2.05, 4.69) is 5.32 Å². The van der Waals surface area contributed by atoms with Crippen LogP contribution in [0.15, 0.2) is 72.8 Å². The summed E-state index contributed by atoms with van der Waals surface area (Å²) in [5, 5.41) is 4.80. The molecule has 1 fully saturated rings. The maximum absolute atomic E-state index is 12.6. The minimum atomic E-state index is -0.592. The maximum Gasteiger partial charge on any atom is 0.311 e. The first kappa shape index (κ1) is 20.6. The number of rotatable bonds is 6. The minimum absolute atomic E-state index is 0.0735. The van der Waals surface area contributed by atoms with Crippen LogP contribution in [0.25, 0.3) is 10.8 Å². The van der Waals surface area contributed by atoms with E-state index in [0.29, 0.717) is 0 Å². The van der Waals surface area contributed by atoms with Crippen molar-refractivity contribution in [1.82, 2.24) is 5.32 Å². The van der Waals surface area contributed by atoms with Gasteiger partial charge in [-0.2, -0.15) is 0 Å². The lowest BCUT2D eigenvalue weighted by atomic mass is 10.1. The van der Waals surface area contributed by atoms with Crippen LogP contribution in [-0.4, -0.2) is 30.9 Å². The number of esters is 1. The molecule has 0 bridgehead atoms. The van der Waals surface area contributed by atoms with Crippen molar-refractivity contribution >= 4 is 34.2 Å². The zero-order valence-electron chi connectivity index (χ0n) is 17.3. The molecule has 2 amide bonds. The molecule has 6 nitrogen and oxygen atoms in total. The smallest absolute Gasteiger partial charge is 0.311 e. The molecule has 0 spiro atoms. The Kier molecular flexibility index (Phi) is 5.98. The summed E-state index contributed by atoms with van der Waals surface area (Å²) in [6, 6.07) is 22.9. The summed E-state index contributed by atoms with van der Waals surface area (Å²) in [6.07, 6.45) is 0.0735. The average molecular weight is 416 g/mol. The first-order chi connectivity index (χ1) is 15.0. The van der Waals surface area contributed by atoms with Crippen LogP contribution in [0.4, 0.5) is 5.69 Å². The molecule has 0 aliphatic carbocycles. The van der Waals surface area contributed by atoms with E-state index in [9.17, 15) is 14.4 Å². The Morgan fingerprint density at radius 2 is 1.74 bits per heavy atom. The Morgan fingerprint density at radius 1 is 1.03 bits per heavy atom. The second kappa shape index (κ2) is 9.00. The molecule has 6 heteroatoms. The number of anilines is 1. The number of amides is 2. The summed E-state index contributed by atoms with van der Waals surface area (Å²) >= 11 is 0. The Morgan fingerprint density at radius 3 is 2.55 bits per heavy atom. The van der Waals surface area contributed by atoms with Gasteiger partial charge in [0, 0.05) is 18.4 Å². The van der Waals surface area contributed by atoms with Crippen LogP contribution in [0, 0.1) is 5.92 Å². The van der Waals surface area contributed by atoms with Crippen LogP contribution in [0.2, 0.25) is 0 Å². The van der Waals surface area contributed by atoms with Crippen LogP contribution < -0.4 is 10.2 Å². The third-order valence-corrected chi connectivity index (χ3v) is 5.54. The third kappa shape index (κ3) is 4.58. The van der Waals surface area contributed by atoms with Crippen molar-refractivity contribution in [3.05, 3.63) is 78.4 Å². The number of hydrogen-bond donors (Lipinski definition) is 1. The molecule has 1 aliphatic rings. The fourth-order valence-electron chi connectivity index (χ4n) is 3.90. The van der Waals surface area contributed by atoms with E-state index in [-0.39, 0.29) is 37.4 Å². The molecule has 1 saturated heterocycles. The van der Waals surface area contributed by atoms with Crippen LogP contribution >= 0.6 is 0 Å². The zero-order chi connectivity index (χ0) is 21.8. The summed E-state index contributed by atoms with van der Waals surface area (Å²) in [4.78, 5) is 38.9. The molecule has 0 unspecified atom stereocenters. The van der Waals surface area contributed by atoms with Crippen molar-refractivity contribution in [1.29, 1.82) is 0 Å². The predicted octanol–water partition coefficient (Wildman–Crippen LogP) is 3.61. The molecule has 2 atom stereocenters. The van der Waals surface area contributed by atoms with Crippen molar-refractivity contribution < 1.29 is 19.1 Å². The summed E-state index contributed by atoms with van der Waals surface area (Å²) in [7, 11) is 0. The Hall–Kier alpha value is -3.67. The van der Waals surface area contributed by atoms with Crippen molar-refractivity contribution in [2.75, 3.05) is 18.1 Å². The summed E-state index contributed by atoms with van der Waals surface area (Å²) < 4.78 is 5.21. The number of benzene rings is 3. The van der Waals surface area contributed by atoms with E-state index in [1.54, 1.807) is 4.90 Å². The lowest BCUT2D eigenvalue weighted by Crippen LogP contribution is -2.32. The number of nitrogens with zero attached hydrogens (tertiary/aromatic N) is 1. The van der Waals surface area contributed by atoms with Crippen LogP contribution in [0.3, 0.4) is 0 Å². The number of nitrogens with one attached hydrogen (secondary N) is 1. The van der Waals surface area contributed by atoms with Gasteiger partial charge < -0.3 is 15.0 Å². The standard InChI is InChI=1S/C25H24N2O4/c1-17(18-8-3-2-4-9-18)26-23(28)16-31-25(30)20-14-24(29)27(15-20)22-13-7-11-19-10-5-6-12-21(19)22/h2-13,17,20H,14-16H2,1H3,(H,26,28)/t17-,20-/m1/s1. The normalized spacial score (nSPS) is 16.9. The second-order valence-electron chi connectivity index (χ2n) is 7.71. The quantitative estimate of drug-likeness (QED) is 0.623. The van der Waals surface area contributed by atoms with Gasteiger partial charge in [-0.3, -0.25) is 14.4 Å². The average Bonchev–Trinajstić information content (AvgIpc) is 3.19. The molecule has 0 saturated carbocycles. The molecule has 3 aromatic carbocycles. The number of hydrogen-bond acceptors (Lipinski definition) is 4. The van der Waals surface area contributed by atoms with E-state index in [0.717, 1.165) is 22.0 Å². The van der Waals surface area contributed by atoms with Gasteiger partial charge in [0.2, 0.25) is 5.91 Å². The van der Waals surface area contributed by atoms with E-state index in [1.807, 2.05) is 79.7 Å². The van der Waals surface area contributed by atoms with Gasteiger partial charge in [0.1, 0.15) is 0 Å². The first-order valence-electron chi connectivity index (χ1n) is 10.3. The highest BCUT2D eigenvalue weighted by Gasteiger charge is 2.37. The van der Waals surface area contributed by atoms with Gasteiger partial charge >= 0.3 is 5.97 Å². The van der Waals surface area contributed by atoms with Gasteiger partial charge in [-0.05, 0) is 23.9 Å². The van der Waals surface area contributed by atoms with Gasteiger partial charge in [-0.25, -0.2) is 0 Å². The molecule has 3 aromatic rings. The topological polar surface area (TPSA) is 75.7 Å². The molecule has 0 radical (unpaired) electrons. The van der Waals surface area contributed by atoms with Crippen LogP contribution in [-0.2, 0) is 19.1 Å². The monoisotopic (exact) mass is 416 g/mol. The highest BCUT2D eigenvalue weighted by atomic mass is 16.5. The fourth-order valence-corrected chi connectivity index (χ4v) is 3.90. The van der Waals surface area contributed by atoms with Gasteiger partial charge in [0.15, 0.2) is 6.61 Å². The van der Waals surface area contributed by atoms with Crippen molar-refractivity contribution in [2.24, 2.45) is 5.92 Å². The minimum Gasteiger partial charge on any atom is -0.455 e. The Balaban J connectivity index is 1.35. The molecule has 1 heterocycles. The van der Waals surface area contributed by atoms with Crippen molar-refractivity contribution in [2.45, 2.75) is 19.4 Å².